The van der Waals surface area contributed by atoms with Crippen molar-refractivity contribution in [1.82, 2.24) is 0 Å². The van der Waals surface area contributed by atoms with Gasteiger partial charge in [0.2, 0.25) is 13.1 Å². The molecule has 0 aromatic heterocycles. The number of carbonyl (C=O) groups is 3. The second kappa shape index (κ2) is 12.3. The van der Waals surface area contributed by atoms with Crippen LogP contribution < -0.4 is 11.1 Å². The van der Waals surface area contributed by atoms with Crippen molar-refractivity contribution in [3.05, 3.63) is 23.8 Å². The van der Waals surface area contributed by atoms with E-state index in [2.05, 4.69) is 0 Å². The molecule has 1 heterocycles. The van der Waals surface area contributed by atoms with Gasteiger partial charge in [0.15, 0.2) is 6.04 Å². The van der Waals surface area contributed by atoms with Gasteiger partial charge in [-0.2, -0.15) is 0 Å². The Morgan fingerprint density at radius 3 is 2.39 bits per heavy atom. The van der Waals surface area contributed by atoms with Gasteiger partial charge < -0.3 is 50.4 Å². The minimum Gasteiger partial charge on any atom is -0.507 e. The largest absolute Gasteiger partial charge is 0.507 e. The fourth-order valence-corrected chi connectivity index (χ4v) is 3.15. The maximum Gasteiger partial charge on any atom is 0.344 e. The lowest BCUT2D eigenvalue weighted by Crippen LogP contribution is -2.94. The SMILES string of the molecule is C[NH2+]C1[C@H](O)OC(CCOC(=O)CCC(=O)OCOC(=O)c2cc(N)ccc2O)[C@H](O)[C@@H]1O. The molecule has 0 aliphatic carbocycles. The van der Waals surface area contributed by atoms with Crippen molar-refractivity contribution in [3.63, 3.8) is 0 Å². The minimum absolute atomic E-state index is 0.0225. The van der Waals surface area contributed by atoms with E-state index >= 15 is 0 Å². The van der Waals surface area contributed by atoms with E-state index < -0.39 is 55.3 Å². The molecule has 0 bridgehead atoms. The van der Waals surface area contributed by atoms with E-state index in [1.165, 1.54) is 23.5 Å². The number of nitrogen functional groups attached to an aromatic ring is 1. The number of esters is 3. The third-order valence-electron chi connectivity index (χ3n) is 5.00. The van der Waals surface area contributed by atoms with Crippen LogP contribution in [0.4, 0.5) is 5.69 Å². The number of nitrogens with two attached hydrogens (primary N) is 2. The zero-order valence-electron chi connectivity index (χ0n) is 18.0. The molecular weight excluding hydrogens is 444 g/mol. The van der Waals surface area contributed by atoms with Crippen LogP contribution in [0.1, 0.15) is 29.6 Å². The van der Waals surface area contributed by atoms with Crippen LogP contribution in [-0.4, -0.2) is 89.4 Å². The summed E-state index contributed by atoms with van der Waals surface area (Å²) >= 11 is 0. The number of hydrogen-bond donors (Lipinski definition) is 6. The molecule has 0 radical (unpaired) electrons. The van der Waals surface area contributed by atoms with E-state index in [4.69, 9.17) is 24.7 Å². The first-order chi connectivity index (χ1) is 15.6. The Kier molecular flexibility index (Phi) is 9.81. The molecule has 184 valence electrons. The van der Waals surface area contributed by atoms with Gasteiger partial charge in [-0.1, -0.05) is 0 Å². The number of likely N-dealkylation sites (N-methyl/N-ethyl adjacent to an activating group) is 1. The monoisotopic (exact) mass is 473 g/mol. The molecule has 13 heteroatoms. The number of aromatic hydroxyl groups is 1. The summed E-state index contributed by atoms with van der Waals surface area (Å²) in [5.41, 5.74) is 5.57. The van der Waals surface area contributed by atoms with E-state index in [0.717, 1.165) is 0 Å². The Hall–Kier alpha value is -2.97. The van der Waals surface area contributed by atoms with Crippen molar-refractivity contribution in [2.24, 2.45) is 0 Å². The first-order valence-electron chi connectivity index (χ1n) is 10.2. The Morgan fingerprint density at radius 2 is 1.73 bits per heavy atom. The molecule has 0 spiro atoms. The van der Waals surface area contributed by atoms with E-state index in [-0.39, 0.29) is 42.9 Å². The van der Waals surface area contributed by atoms with Gasteiger partial charge in [-0.15, -0.1) is 0 Å². The molecular formula is C20H29N2O11+. The van der Waals surface area contributed by atoms with E-state index in [9.17, 15) is 34.8 Å². The summed E-state index contributed by atoms with van der Waals surface area (Å²) in [5.74, 6) is -2.84. The second-order valence-corrected chi connectivity index (χ2v) is 7.31. The van der Waals surface area contributed by atoms with Crippen LogP contribution in [0.3, 0.4) is 0 Å². The topological polar surface area (TPSA) is 212 Å². The molecule has 0 amide bonds. The van der Waals surface area contributed by atoms with Crippen LogP contribution in [0.15, 0.2) is 18.2 Å². The molecule has 2 rings (SSSR count). The molecule has 1 aromatic rings. The standard InChI is InChI=1S/C20H28N2O11/c1-22-16-18(27)17(26)13(33-20(16)29)6-7-30-14(24)4-5-15(25)31-9-32-19(28)11-8-10(21)2-3-12(11)23/h2-3,8,13,16-18,20,22-23,26-27,29H,4-7,9,21H2,1H3/p+1/t13?,16?,17-,18+,20+/m0/s1. The van der Waals surface area contributed by atoms with Crippen molar-refractivity contribution in [2.45, 2.75) is 49.9 Å². The number of benzene rings is 1. The Balaban J connectivity index is 1.63. The Labute approximate surface area is 189 Å². The molecule has 33 heavy (non-hydrogen) atoms. The van der Waals surface area contributed by atoms with Crippen LogP contribution in [0, 0.1) is 0 Å². The highest BCUT2D eigenvalue weighted by atomic mass is 16.7. The molecule has 5 atom stereocenters. The molecule has 1 saturated heterocycles. The van der Waals surface area contributed by atoms with Gasteiger partial charge in [0, 0.05) is 12.1 Å². The zero-order chi connectivity index (χ0) is 24.5. The average molecular weight is 473 g/mol. The lowest BCUT2D eigenvalue weighted by Gasteiger charge is -2.38. The minimum atomic E-state index is -1.29. The molecule has 1 aromatic carbocycles. The molecule has 0 saturated carbocycles. The van der Waals surface area contributed by atoms with E-state index in [1.54, 1.807) is 7.05 Å². The van der Waals surface area contributed by atoms with Gasteiger partial charge in [-0.25, -0.2) is 4.79 Å². The summed E-state index contributed by atoms with van der Waals surface area (Å²) < 4.78 is 19.6. The van der Waals surface area contributed by atoms with Gasteiger partial charge in [0.05, 0.1) is 32.6 Å². The summed E-state index contributed by atoms with van der Waals surface area (Å²) in [7, 11) is 1.62. The van der Waals surface area contributed by atoms with Crippen LogP contribution in [0.2, 0.25) is 0 Å². The van der Waals surface area contributed by atoms with Gasteiger partial charge in [0.1, 0.15) is 23.5 Å². The number of ether oxygens (including phenoxy) is 4. The highest BCUT2D eigenvalue weighted by Crippen LogP contribution is 2.21. The third-order valence-corrected chi connectivity index (χ3v) is 5.00. The maximum absolute atomic E-state index is 11.8. The summed E-state index contributed by atoms with van der Waals surface area (Å²) in [6, 6.07) is 3.08. The van der Waals surface area contributed by atoms with Crippen molar-refractivity contribution in [3.8, 4) is 5.75 Å². The van der Waals surface area contributed by atoms with Crippen LogP contribution >= 0.6 is 0 Å². The lowest BCUT2D eigenvalue weighted by atomic mass is 9.95. The normalized spacial score (nSPS) is 24.7. The third kappa shape index (κ3) is 7.54. The van der Waals surface area contributed by atoms with Gasteiger partial charge in [-0.05, 0) is 18.2 Å². The first-order valence-corrected chi connectivity index (χ1v) is 10.2. The Bertz CT molecular complexity index is 834. The maximum atomic E-state index is 11.8. The number of rotatable bonds is 10. The molecule has 1 fully saturated rings. The van der Waals surface area contributed by atoms with Gasteiger partial charge >= 0.3 is 17.9 Å². The van der Waals surface area contributed by atoms with Crippen molar-refractivity contribution >= 4 is 23.6 Å². The molecule has 8 N–H and O–H groups in total. The number of anilines is 1. The second-order valence-electron chi connectivity index (χ2n) is 7.31. The summed E-state index contributed by atoms with van der Waals surface area (Å²) in [4.78, 5) is 35.3. The number of phenols is 1. The predicted octanol–water partition coefficient (Wildman–Crippen LogP) is -2.65. The van der Waals surface area contributed by atoms with Gasteiger partial charge in [-0.3, -0.25) is 9.59 Å². The average Bonchev–Trinajstić information content (AvgIpc) is 2.77. The molecule has 13 nitrogen and oxygen atoms in total. The number of phenolic OH excluding ortho intramolecular Hbond substituents is 1. The van der Waals surface area contributed by atoms with Crippen LogP contribution in [0.5, 0.6) is 5.75 Å². The number of carbonyl (C=O) groups excluding carboxylic acids is 3. The highest BCUT2D eigenvalue weighted by molar-refractivity contribution is 5.93. The molecule has 1 aliphatic rings. The summed E-state index contributed by atoms with van der Waals surface area (Å²) in [5, 5.41) is 41.0. The van der Waals surface area contributed by atoms with Gasteiger partial charge in [0.25, 0.3) is 0 Å². The number of quaternary nitrogens is 1. The predicted molar refractivity (Wildman–Crippen MR) is 108 cm³/mol. The van der Waals surface area contributed by atoms with Crippen molar-refractivity contribution < 1.29 is 59.1 Å². The fourth-order valence-electron chi connectivity index (χ4n) is 3.15. The molecule has 2 unspecified atom stereocenters. The zero-order valence-corrected chi connectivity index (χ0v) is 18.0. The Morgan fingerprint density at radius 1 is 1.06 bits per heavy atom. The first kappa shape index (κ1) is 26.3. The van der Waals surface area contributed by atoms with Crippen molar-refractivity contribution in [2.75, 3.05) is 26.2 Å². The molecule has 1 aliphatic heterocycles. The number of aliphatic hydroxyl groups is 3. The lowest BCUT2D eigenvalue weighted by molar-refractivity contribution is -0.694. The van der Waals surface area contributed by atoms with Crippen molar-refractivity contribution in [1.29, 1.82) is 0 Å². The summed E-state index contributed by atoms with van der Waals surface area (Å²) in [6.45, 7) is -0.893. The van der Waals surface area contributed by atoms with Crippen LogP contribution in [-0.2, 0) is 28.5 Å². The summed E-state index contributed by atoms with van der Waals surface area (Å²) in [6.07, 6.45) is -5.33. The van der Waals surface area contributed by atoms with E-state index in [0.29, 0.717) is 0 Å². The number of hydrogen-bond acceptors (Lipinski definition) is 12. The fraction of sp³-hybridized carbons (Fsp3) is 0.550. The highest BCUT2D eigenvalue weighted by Gasteiger charge is 2.45. The number of aliphatic hydroxyl groups excluding tert-OH is 3. The van der Waals surface area contributed by atoms with E-state index in [1.807, 2.05) is 0 Å². The smallest absolute Gasteiger partial charge is 0.344 e. The quantitative estimate of drug-likeness (QED) is 0.0890. The van der Waals surface area contributed by atoms with Crippen LogP contribution in [0.25, 0.3) is 0 Å².